The third-order valence-electron chi connectivity index (χ3n) is 2.12. The molecule has 0 aromatic heterocycles. The maximum Gasteiger partial charge on any atom is 0.192 e. The molecule has 0 bridgehead atoms. The summed E-state index contributed by atoms with van der Waals surface area (Å²) in [6, 6.07) is 0.355. The van der Waals surface area contributed by atoms with Crippen molar-refractivity contribution in [3.05, 3.63) is 0 Å². The van der Waals surface area contributed by atoms with Gasteiger partial charge in [0.1, 0.15) is 0 Å². The zero-order chi connectivity index (χ0) is 6.32. The van der Waals surface area contributed by atoms with Gasteiger partial charge in [-0.1, -0.05) is 0 Å². The van der Waals surface area contributed by atoms with Crippen molar-refractivity contribution in [3.8, 4) is 0 Å². The van der Waals surface area contributed by atoms with Crippen molar-refractivity contribution in [1.82, 2.24) is 0 Å². The Balaban J connectivity index is 0.000000500. The maximum atomic E-state index is 5.73. The Morgan fingerprint density at radius 2 is 2.10 bits per heavy atom. The number of hydrogen-bond donors (Lipinski definition) is 1. The van der Waals surface area contributed by atoms with Crippen LogP contribution in [0.15, 0.2) is 10.2 Å². The van der Waals surface area contributed by atoms with Crippen LogP contribution in [0.1, 0.15) is 25.7 Å². The lowest BCUT2D eigenvalue weighted by Crippen LogP contribution is -2.32. The number of halogens is 1. The van der Waals surface area contributed by atoms with Crippen LogP contribution in [-0.2, 0) is 0 Å². The van der Waals surface area contributed by atoms with E-state index in [1.807, 2.05) is 0 Å². The molecule has 4 heteroatoms. The molecular formula is C6H12ClN3. The van der Waals surface area contributed by atoms with Gasteiger partial charge in [0.25, 0.3) is 0 Å². The third-order valence-corrected chi connectivity index (χ3v) is 2.12. The van der Waals surface area contributed by atoms with E-state index in [0.717, 1.165) is 19.3 Å². The van der Waals surface area contributed by atoms with Gasteiger partial charge in [-0.15, -0.1) is 12.4 Å². The SMILES string of the molecule is Cl.NC1CCCC2(C1)N=N2. The van der Waals surface area contributed by atoms with Crippen LogP contribution >= 0.6 is 12.4 Å². The fourth-order valence-electron chi connectivity index (χ4n) is 1.52. The Morgan fingerprint density at radius 3 is 2.50 bits per heavy atom. The van der Waals surface area contributed by atoms with E-state index < -0.39 is 0 Å². The van der Waals surface area contributed by atoms with Crippen LogP contribution in [0.25, 0.3) is 0 Å². The maximum absolute atomic E-state index is 5.73. The van der Waals surface area contributed by atoms with Crippen LogP contribution < -0.4 is 5.73 Å². The van der Waals surface area contributed by atoms with E-state index in [0.29, 0.717) is 6.04 Å². The van der Waals surface area contributed by atoms with Gasteiger partial charge >= 0.3 is 0 Å². The van der Waals surface area contributed by atoms with Crippen LogP contribution in [0.5, 0.6) is 0 Å². The minimum atomic E-state index is 0. The first kappa shape index (κ1) is 7.95. The Kier molecular flexibility index (Phi) is 1.97. The summed E-state index contributed by atoms with van der Waals surface area (Å²) >= 11 is 0. The van der Waals surface area contributed by atoms with E-state index in [9.17, 15) is 0 Å². The van der Waals surface area contributed by atoms with Crippen LogP contribution in [0.2, 0.25) is 0 Å². The standard InChI is InChI=1S/C6H11N3.ClH/c7-5-2-1-3-6(4-5)8-9-6;/h5H,1-4,7H2;1H. The second kappa shape index (κ2) is 2.47. The molecule has 0 aromatic carbocycles. The predicted octanol–water partition coefficient (Wildman–Crippen LogP) is 1.47. The van der Waals surface area contributed by atoms with E-state index in [2.05, 4.69) is 10.2 Å². The minimum absolute atomic E-state index is 0. The van der Waals surface area contributed by atoms with Crippen molar-refractivity contribution < 1.29 is 0 Å². The number of nitrogens with two attached hydrogens (primary N) is 1. The topological polar surface area (TPSA) is 50.7 Å². The number of hydrogen-bond acceptors (Lipinski definition) is 3. The summed E-state index contributed by atoms with van der Waals surface area (Å²) in [7, 11) is 0. The van der Waals surface area contributed by atoms with Crippen LogP contribution in [0.4, 0.5) is 0 Å². The van der Waals surface area contributed by atoms with E-state index in [-0.39, 0.29) is 18.1 Å². The van der Waals surface area contributed by atoms with Gasteiger partial charge in [-0.3, -0.25) is 0 Å². The molecule has 10 heavy (non-hydrogen) atoms. The first-order valence-electron chi connectivity index (χ1n) is 3.50. The van der Waals surface area contributed by atoms with Crippen molar-refractivity contribution in [2.24, 2.45) is 16.0 Å². The van der Waals surface area contributed by atoms with Gasteiger partial charge in [0.2, 0.25) is 0 Å². The van der Waals surface area contributed by atoms with Crippen molar-refractivity contribution in [2.75, 3.05) is 0 Å². The second-order valence-corrected chi connectivity index (χ2v) is 3.04. The summed E-state index contributed by atoms with van der Waals surface area (Å²) in [6.07, 6.45) is 4.49. The lowest BCUT2D eigenvalue weighted by molar-refractivity contribution is 0.354. The highest BCUT2D eigenvalue weighted by Gasteiger charge is 2.43. The molecule has 1 aliphatic heterocycles. The summed E-state index contributed by atoms with van der Waals surface area (Å²) in [4.78, 5) is 0. The summed E-state index contributed by atoms with van der Waals surface area (Å²) in [5.74, 6) is 0. The molecule has 1 saturated carbocycles. The van der Waals surface area contributed by atoms with Crippen LogP contribution in [0.3, 0.4) is 0 Å². The van der Waals surface area contributed by atoms with Gasteiger partial charge in [0.05, 0.1) is 0 Å². The Bertz CT molecular complexity index is 151. The molecular weight excluding hydrogens is 150 g/mol. The van der Waals surface area contributed by atoms with Gasteiger partial charge in [0, 0.05) is 12.5 Å². The van der Waals surface area contributed by atoms with Gasteiger partial charge in [-0.25, -0.2) is 0 Å². The van der Waals surface area contributed by atoms with Crippen molar-refractivity contribution in [2.45, 2.75) is 37.4 Å². The molecule has 2 rings (SSSR count). The fraction of sp³-hybridized carbons (Fsp3) is 1.00. The Morgan fingerprint density at radius 1 is 1.40 bits per heavy atom. The molecule has 0 aromatic rings. The molecule has 1 fully saturated rings. The summed E-state index contributed by atoms with van der Waals surface area (Å²) in [6.45, 7) is 0. The molecule has 0 amide bonds. The largest absolute Gasteiger partial charge is 0.328 e. The lowest BCUT2D eigenvalue weighted by atomic mass is 9.89. The molecule has 2 N–H and O–H groups in total. The van der Waals surface area contributed by atoms with Crippen molar-refractivity contribution in [3.63, 3.8) is 0 Å². The zero-order valence-electron chi connectivity index (χ0n) is 5.79. The van der Waals surface area contributed by atoms with E-state index >= 15 is 0 Å². The molecule has 3 nitrogen and oxygen atoms in total. The Labute approximate surface area is 66.5 Å². The normalized spacial score (nSPS) is 33.5. The summed E-state index contributed by atoms with van der Waals surface area (Å²) in [5.41, 5.74) is 5.76. The summed E-state index contributed by atoms with van der Waals surface area (Å²) < 4.78 is 0. The van der Waals surface area contributed by atoms with E-state index in [1.165, 1.54) is 6.42 Å². The van der Waals surface area contributed by atoms with Gasteiger partial charge < -0.3 is 5.73 Å². The molecule has 2 aliphatic rings. The smallest absolute Gasteiger partial charge is 0.192 e. The first-order chi connectivity index (χ1) is 4.31. The first-order valence-corrected chi connectivity index (χ1v) is 3.50. The number of rotatable bonds is 0. The highest BCUT2D eigenvalue weighted by Crippen LogP contribution is 2.41. The average Bonchev–Trinajstić information content (AvgIpc) is 2.49. The highest BCUT2D eigenvalue weighted by molar-refractivity contribution is 5.85. The van der Waals surface area contributed by atoms with E-state index in [1.54, 1.807) is 0 Å². The molecule has 1 spiro atoms. The van der Waals surface area contributed by atoms with Gasteiger partial charge in [0.15, 0.2) is 5.66 Å². The van der Waals surface area contributed by atoms with Crippen LogP contribution in [0, 0.1) is 0 Å². The van der Waals surface area contributed by atoms with Crippen molar-refractivity contribution >= 4 is 12.4 Å². The lowest BCUT2D eigenvalue weighted by Gasteiger charge is -2.21. The predicted molar refractivity (Wildman–Crippen MR) is 41.3 cm³/mol. The minimum Gasteiger partial charge on any atom is -0.328 e. The molecule has 1 heterocycles. The third kappa shape index (κ3) is 1.30. The quantitative estimate of drug-likeness (QED) is 0.575. The average molecular weight is 162 g/mol. The summed E-state index contributed by atoms with van der Waals surface area (Å²) in [5, 5.41) is 7.98. The molecule has 0 saturated heterocycles. The van der Waals surface area contributed by atoms with Crippen LogP contribution in [-0.4, -0.2) is 11.7 Å². The van der Waals surface area contributed by atoms with Gasteiger partial charge in [-0.05, 0) is 19.3 Å². The molecule has 0 radical (unpaired) electrons. The van der Waals surface area contributed by atoms with E-state index in [4.69, 9.17) is 5.73 Å². The monoisotopic (exact) mass is 161 g/mol. The fourth-order valence-corrected chi connectivity index (χ4v) is 1.52. The second-order valence-electron chi connectivity index (χ2n) is 3.04. The molecule has 1 aliphatic carbocycles. The highest BCUT2D eigenvalue weighted by atomic mass is 35.5. The van der Waals surface area contributed by atoms with Crippen molar-refractivity contribution in [1.29, 1.82) is 0 Å². The van der Waals surface area contributed by atoms with Gasteiger partial charge in [-0.2, -0.15) is 10.2 Å². The number of nitrogens with zero attached hydrogens (tertiary/aromatic N) is 2. The molecule has 58 valence electrons. The zero-order valence-corrected chi connectivity index (χ0v) is 6.60. The Hall–Kier alpha value is -0.150. The molecule has 1 atom stereocenters. The molecule has 1 unspecified atom stereocenters.